The van der Waals surface area contributed by atoms with Crippen molar-refractivity contribution in [3.8, 4) is 5.75 Å². The van der Waals surface area contributed by atoms with Crippen molar-refractivity contribution in [3.05, 3.63) is 64.2 Å². The lowest BCUT2D eigenvalue weighted by Gasteiger charge is -2.09. The number of benzene rings is 2. The fourth-order valence-electron chi connectivity index (χ4n) is 2.19. The number of nitro groups is 1. The SMILES string of the molecule is COc1ccccc1CCNC(=O)C(=O)Nc1cccc([N+](=O)[O-])c1. The van der Waals surface area contributed by atoms with E-state index in [9.17, 15) is 19.7 Å². The summed E-state index contributed by atoms with van der Waals surface area (Å²) < 4.78 is 5.21. The Balaban J connectivity index is 1.87. The standard InChI is InChI=1S/C17H17N3O5/c1-25-15-8-3-2-5-12(15)9-10-18-16(21)17(22)19-13-6-4-7-14(11-13)20(23)24/h2-8,11H,9-10H2,1H3,(H,18,21)(H,19,22). The molecule has 25 heavy (non-hydrogen) atoms. The van der Waals surface area contributed by atoms with Gasteiger partial charge in [-0.1, -0.05) is 24.3 Å². The molecule has 0 unspecified atom stereocenters. The van der Waals surface area contributed by atoms with Crippen LogP contribution < -0.4 is 15.4 Å². The van der Waals surface area contributed by atoms with Crippen molar-refractivity contribution in [3.63, 3.8) is 0 Å². The zero-order chi connectivity index (χ0) is 18.2. The third-order valence-corrected chi connectivity index (χ3v) is 3.39. The second kappa shape index (κ2) is 8.44. The summed E-state index contributed by atoms with van der Waals surface area (Å²) in [5, 5.41) is 15.5. The van der Waals surface area contributed by atoms with Crippen molar-refractivity contribution < 1.29 is 19.2 Å². The van der Waals surface area contributed by atoms with Gasteiger partial charge in [0.05, 0.1) is 12.0 Å². The second-order valence-corrected chi connectivity index (χ2v) is 5.08. The molecule has 2 rings (SSSR count). The molecule has 0 bridgehead atoms. The maximum absolute atomic E-state index is 11.8. The molecule has 0 aliphatic carbocycles. The molecule has 0 saturated heterocycles. The van der Waals surface area contributed by atoms with Gasteiger partial charge in [-0.25, -0.2) is 0 Å². The molecule has 0 fully saturated rings. The summed E-state index contributed by atoms with van der Waals surface area (Å²) in [6, 6.07) is 12.7. The highest BCUT2D eigenvalue weighted by Crippen LogP contribution is 2.18. The quantitative estimate of drug-likeness (QED) is 0.473. The van der Waals surface area contributed by atoms with Crippen LogP contribution in [0.1, 0.15) is 5.56 Å². The molecule has 8 nitrogen and oxygen atoms in total. The molecule has 0 saturated carbocycles. The lowest BCUT2D eigenvalue weighted by Crippen LogP contribution is -2.36. The van der Waals surface area contributed by atoms with Crippen LogP contribution in [0.5, 0.6) is 5.75 Å². The Morgan fingerprint density at radius 3 is 2.60 bits per heavy atom. The van der Waals surface area contributed by atoms with E-state index in [1.54, 1.807) is 7.11 Å². The Morgan fingerprint density at radius 2 is 1.88 bits per heavy atom. The molecule has 2 aromatic carbocycles. The molecule has 0 heterocycles. The minimum Gasteiger partial charge on any atom is -0.496 e. The van der Waals surface area contributed by atoms with Crippen LogP contribution in [0.2, 0.25) is 0 Å². The number of nitrogens with one attached hydrogen (secondary N) is 2. The van der Waals surface area contributed by atoms with Crippen molar-refractivity contribution >= 4 is 23.2 Å². The van der Waals surface area contributed by atoms with Crippen molar-refractivity contribution in [1.29, 1.82) is 0 Å². The van der Waals surface area contributed by atoms with Gasteiger partial charge in [-0.2, -0.15) is 0 Å². The largest absolute Gasteiger partial charge is 0.496 e. The van der Waals surface area contributed by atoms with Crippen LogP contribution in [-0.2, 0) is 16.0 Å². The first-order valence-electron chi connectivity index (χ1n) is 7.47. The summed E-state index contributed by atoms with van der Waals surface area (Å²) >= 11 is 0. The number of anilines is 1. The molecule has 2 aromatic rings. The van der Waals surface area contributed by atoms with Gasteiger partial charge in [0.2, 0.25) is 0 Å². The van der Waals surface area contributed by atoms with Crippen LogP contribution in [0.3, 0.4) is 0 Å². The zero-order valence-electron chi connectivity index (χ0n) is 13.5. The maximum atomic E-state index is 11.8. The summed E-state index contributed by atoms with van der Waals surface area (Å²) in [6.07, 6.45) is 0.500. The number of non-ortho nitro benzene ring substituents is 1. The lowest BCUT2D eigenvalue weighted by atomic mass is 10.1. The third kappa shape index (κ3) is 5.03. The van der Waals surface area contributed by atoms with Crippen LogP contribution in [0.4, 0.5) is 11.4 Å². The van der Waals surface area contributed by atoms with E-state index in [0.717, 1.165) is 5.56 Å². The molecule has 0 radical (unpaired) electrons. The first kappa shape index (κ1) is 17.9. The van der Waals surface area contributed by atoms with Gasteiger partial charge in [0.15, 0.2) is 0 Å². The molecule has 0 atom stereocenters. The second-order valence-electron chi connectivity index (χ2n) is 5.08. The normalized spacial score (nSPS) is 9.96. The minimum atomic E-state index is -0.888. The van der Waals surface area contributed by atoms with E-state index in [4.69, 9.17) is 4.74 Å². The number of hydrogen-bond donors (Lipinski definition) is 2. The van der Waals surface area contributed by atoms with Crippen molar-refractivity contribution in [1.82, 2.24) is 5.32 Å². The molecule has 130 valence electrons. The number of methoxy groups -OCH3 is 1. The van der Waals surface area contributed by atoms with E-state index < -0.39 is 16.7 Å². The molecular formula is C17H17N3O5. The molecule has 8 heteroatoms. The molecular weight excluding hydrogens is 326 g/mol. The molecule has 2 N–H and O–H groups in total. The van der Waals surface area contributed by atoms with Gasteiger partial charge in [0.25, 0.3) is 5.69 Å². The predicted molar refractivity (Wildman–Crippen MR) is 91.4 cm³/mol. The fraction of sp³-hybridized carbons (Fsp3) is 0.176. The van der Waals surface area contributed by atoms with Crippen LogP contribution in [0.25, 0.3) is 0 Å². The Labute approximate surface area is 144 Å². The predicted octanol–water partition coefficient (Wildman–Crippen LogP) is 1.90. The molecule has 0 aliphatic heterocycles. The first-order chi connectivity index (χ1) is 12.0. The highest BCUT2D eigenvalue weighted by Gasteiger charge is 2.15. The van der Waals surface area contributed by atoms with Crippen molar-refractivity contribution in [2.75, 3.05) is 19.0 Å². The monoisotopic (exact) mass is 343 g/mol. The van der Waals surface area contributed by atoms with Gasteiger partial charge in [0.1, 0.15) is 5.75 Å². The van der Waals surface area contributed by atoms with E-state index in [0.29, 0.717) is 12.2 Å². The summed E-state index contributed by atoms with van der Waals surface area (Å²) in [7, 11) is 1.56. The Hall–Kier alpha value is -3.42. The average Bonchev–Trinajstić information content (AvgIpc) is 2.62. The number of para-hydroxylation sites is 1. The fourth-order valence-corrected chi connectivity index (χ4v) is 2.19. The molecule has 0 spiro atoms. The Morgan fingerprint density at radius 1 is 1.12 bits per heavy atom. The van der Waals surface area contributed by atoms with Crippen molar-refractivity contribution in [2.45, 2.75) is 6.42 Å². The summed E-state index contributed by atoms with van der Waals surface area (Å²) in [5.74, 6) is -1.00. The summed E-state index contributed by atoms with van der Waals surface area (Å²) in [4.78, 5) is 33.8. The number of hydrogen-bond acceptors (Lipinski definition) is 5. The van der Waals surface area contributed by atoms with Crippen LogP contribution in [0, 0.1) is 10.1 Å². The van der Waals surface area contributed by atoms with E-state index in [1.807, 2.05) is 24.3 Å². The third-order valence-electron chi connectivity index (χ3n) is 3.39. The van der Waals surface area contributed by atoms with Gasteiger partial charge in [-0.3, -0.25) is 19.7 Å². The smallest absolute Gasteiger partial charge is 0.313 e. The van der Waals surface area contributed by atoms with Gasteiger partial charge in [-0.05, 0) is 24.1 Å². The van der Waals surface area contributed by atoms with E-state index in [2.05, 4.69) is 10.6 Å². The number of ether oxygens (including phenoxy) is 1. The zero-order valence-corrected chi connectivity index (χ0v) is 13.5. The summed E-state index contributed by atoms with van der Waals surface area (Å²) in [6.45, 7) is 0.252. The van der Waals surface area contributed by atoms with E-state index in [-0.39, 0.29) is 17.9 Å². The Bertz CT molecular complexity index is 791. The topological polar surface area (TPSA) is 111 Å². The van der Waals surface area contributed by atoms with E-state index in [1.165, 1.54) is 24.3 Å². The number of amides is 2. The number of carbonyl (C=O) groups excluding carboxylic acids is 2. The average molecular weight is 343 g/mol. The highest BCUT2D eigenvalue weighted by molar-refractivity contribution is 6.39. The number of nitro benzene ring substituents is 1. The van der Waals surface area contributed by atoms with Crippen LogP contribution >= 0.6 is 0 Å². The number of nitrogens with zero attached hydrogens (tertiary/aromatic N) is 1. The van der Waals surface area contributed by atoms with Gasteiger partial charge >= 0.3 is 11.8 Å². The Kier molecular flexibility index (Phi) is 6.05. The lowest BCUT2D eigenvalue weighted by molar-refractivity contribution is -0.384. The van der Waals surface area contributed by atoms with Crippen LogP contribution in [0.15, 0.2) is 48.5 Å². The van der Waals surface area contributed by atoms with Gasteiger partial charge in [0, 0.05) is 24.4 Å². The maximum Gasteiger partial charge on any atom is 0.313 e. The highest BCUT2D eigenvalue weighted by atomic mass is 16.6. The minimum absolute atomic E-state index is 0.172. The van der Waals surface area contributed by atoms with E-state index >= 15 is 0 Å². The first-order valence-corrected chi connectivity index (χ1v) is 7.47. The molecule has 0 aliphatic rings. The number of carbonyl (C=O) groups is 2. The number of rotatable bonds is 6. The van der Waals surface area contributed by atoms with Crippen LogP contribution in [-0.4, -0.2) is 30.4 Å². The molecule has 2 amide bonds. The van der Waals surface area contributed by atoms with Gasteiger partial charge in [-0.15, -0.1) is 0 Å². The van der Waals surface area contributed by atoms with Crippen molar-refractivity contribution in [2.24, 2.45) is 0 Å². The summed E-state index contributed by atoms with van der Waals surface area (Å²) in [5.41, 5.74) is 0.915. The van der Waals surface area contributed by atoms with Gasteiger partial charge < -0.3 is 15.4 Å². The molecule has 0 aromatic heterocycles.